The Hall–Kier alpha value is -0.0779. The van der Waals surface area contributed by atoms with Gasteiger partial charge < -0.3 is 10.2 Å². The van der Waals surface area contributed by atoms with Gasteiger partial charge in [0.15, 0.2) is 0 Å². The summed E-state index contributed by atoms with van der Waals surface area (Å²) in [6.07, 6.45) is 1.70. The number of hydrogen-bond donors (Lipinski definition) is 2. The van der Waals surface area contributed by atoms with Crippen LogP contribution in [0.25, 0.3) is 0 Å². The molecule has 0 heterocycles. The maximum atomic E-state index is 9.43. The van der Waals surface area contributed by atoms with E-state index in [0.717, 1.165) is 23.2 Å². The summed E-state index contributed by atoms with van der Waals surface area (Å²) in [5.41, 5.74) is 1.89. The minimum atomic E-state index is -1.02. The van der Waals surface area contributed by atoms with Crippen LogP contribution >= 0.6 is 23.2 Å². The third-order valence-electron chi connectivity index (χ3n) is 0.411. The van der Waals surface area contributed by atoms with Crippen molar-refractivity contribution < 1.29 is 47.1 Å². The third-order valence-corrected chi connectivity index (χ3v) is 0.663. The average Bonchev–Trinajstić information content (AvgIpc) is 1.87. The summed E-state index contributed by atoms with van der Waals surface area (Å²) in [6, 6.07) is 0. The molecule has 0 aliphatic carbocycles. The van der Waals surface area contributed by atoms with Crippen LogP contribution < -0.4 is 0 Å². The van der Waals surface area contributed by atoms with Gasteiger partial charge in [0, 0.05) is 50.5 Å². The molecule has 0 radical (unpaired) electrons. The number of carbonyl (C=O) groups is 2. The molecule has 7 heteroatoms. The van der Waals surface area contributed by atoms with E-state index in [2.05, 4.69) is 0 Å². The largest absolute Gasteiger partial charge is 0.478 e. The van der Waals surface area contributed by atoms with E-state index in [1.807, 2.05) is 0 Å². The zero-order valence-electron chi connectivity index (χ0n) is 6.48. The first-order chi connectivity index (χ1) is 5.54. The second-order valence-electron chi connectivity index (χ2n) is 1.26. The quantitative estimate of drug-likeness (QED) is 0.598. The minimum absolute atomic E-state index is 0. The molecule has 0 aliphatic heterocycles. The summed E-state index contributed by atoms with van der Waals surface area (Å²) in [6.45, 7) is 0. The first kappa shape index (κ1) is 18.7. The fraction of sp³-hybridized carbons (Fsp3) is 0. The predicted octanol–water partition coefficient (Wildman–Crippen LogP) is 1.64. The standard InChI is InChI=1S/2C3H3ClO2.Cd/c2*4-2-1-3(5)6;/h2*1-2H,(H,5,6);. The van der Waals surface area contributed by atoms with Crippen molar-refractivity contribution in [3.05, 3.63) is 23.2 Å². The number of aliphatic carboxylic acids is 2. The first-order valence-corrected chi connectivity index (χ1v) is 3.41. The maximum Gasteiger partial charge on any atom is 0.329 e. The molecule has 13 heavy (non-hydrogen) atoms. The molecule has 0 bridgehead atoms. The molecular formula is C6H6CdCl2O4. The van der Waals surface area contributed by atoms with Crippen molar-refractivity contribution >= 4 is 35.1 Å². The Morgan fingerprint density at radius 2 is 1.15 bits per heavy atom. The summed E-state index contributed by atoms with van der Waals surface area (Å²) < 4.78 is 0. The summed E-state index contributed by atoms with van der Waals surface area (Å²) in [4.78, 5) is 18.9. The van der Waals surface area contributed by atoms with Crippen molar-refractivity contribution in [2.45, 2.75) is 0 Å². The van der Waals surface area contributed by atoms with Crippen LogP contribution in [-0.4, -0.2) is 22.2 Å². The van der Waals surface area contributed by atoms with Crippen LogP contribution in [0, 0.1) is 0 Å². The fourth-order valence-electron chi connectivity index (χ4n) is 0.108. The first-order valence-electron chi connectivity index (χ1n) is 2.54. The van der Waals surface area contributed by atoms with E-state index < -0.39 is 11.9 Å². The van der Waals surface area contributed by atoms with E-state index in [9.17, 15) is 9.59 Å². The Kier molecular flexibility index (Phi) is 20.7. The Balaban J connectivity index is -0.000000143. The molecule has 0 aromatic heterocycles. The van der Waals surface area contributed by atoms with Gasteiger partial charge >= 0.3 is 11.9 Å². The van der Waals surface area contributed by atoms with E-state index in [0.29, 0.717) is 0 Å². The molecule has 4 nitrogen and oxygen atoms in total. The van der Waals surface area contributed by atoms with E-state index >= 15 is 0 Å². The molecule has 0 fully saturated rings. The van der Waals surface area contributed by atoms with Gasteiger partial charge in [-0.2, -0.15) is 0 Å². The van der Waals surface area contributed by atoms with Gasteiger partial charge in [-0.3, -0.25) is 0 Å². The van der Waals surface area contributed by atoms with Crippen molar-refractivity contribution in [3.8, 4) is 0 Å². The van der Waals surface area contributed by atoms with Gasteiger partial charge in [-0.05, 0) is 0 Å². The van der Waals surface area contributed by atoms with Gasteiger partial charge in [0.2, 0.25) is 0 Å². The second kappa shape index (κ2) is 14.4. The molecule has 2 N–H and O–H groups in total. The molecule has 0 saturated heterocycles. The van der Waals surface area contributed by atoms with Gasteiger partial charge in [-0.1, -0.05) is 23.2 Å². The molecule has 0 aliphatic rings. The normalized spacial score (nSPS) is 8.77. The smallest absolute Gasteiger partial charge is 0.329 e. The molecule has 0 amide bonds. The van der Waals surface area contributed by atoms with Crippen LogP contribution in [0.1, 0.15) is 0 Å². The van der Waals surface area contributed by atoms with Gasteiger partial charge in [-0.15, -0.1) is 0 Å². The fourth-order valence-corrected chi connectivity index (χ4v) is 0.323. The Morgan fingerprint density at radius 3 is 1.15 bits per heavy atom. The Morgan fingerprint density at radius 1 is 0.923 bits per heavy atom. The van der Waals surface area contributed by atoms with Gasteiger partial charge in [0.05, 0.1) is 0 Å². The van der Waals surface area contributed by atoms with Crippen molar-refractivity contribution in [2.75, 3.05) is 0 Å². The number of carboxylic acids is 2. The second-order valence-corrected chi connectivity index (χ2v) is 1.77. The average molecular weight is 325 g/mol. The maximum absolute atomic E-state index is 9.43. The van der Waals surface area contributed by atoms with Crippen LogP contribution in [0.3, 0.4) is 0 Å². The molecule has 70 valence electrons. The molecular weight excluding hydrogens is 319 g/mol. The Bertz CT molecular complexity index is 181. The Labute approximate surface area is 105 Å². The molecule has 0 rings (SSSR count). The summed E-state index contributed by atoms with van der Waals surface area (Å²) in [7, 11) is 0. The molecule has 0 spiro atoms. The predicted molar refractivity (Wildman–Crippen MR) is 45.3 cm³/mol. The van der Waals surface area contributed by atoms with E-state index in [1.165, 1.54) is 0 Å². The molecule has 0 unspecified atom stereocenters. The van der Waals surface area contributed by atoms with E-state index in [-0.39, 0.29) is 27.3 Å². The van der Waals surface area contributed by atoms with Crippen LogP contribution in [0.4, 0.5) is 0 Å². The van der Waals surface area contributed by atoms with Gasteiger partial charge in [0.1, 0.15) is 0 Å². The zero-order chi connectivity index (χ0) is 9.98. The third kappa shape index (κ3) is 33.5. The minimum Gasteiger partial charge on any atom is -0.478 e. The van der Waals surface area contributed by atoms with Crippen LogP contribution in [0.5, 0.6) is 0 Å². The molecule has 0 atom stereocenters. The molecule has 0 aromatic rings. The van der Waals surface area contributed by atoms with Crippen molar-refractivity contribution in [1.82, 2.24) is 0 Å². The van der Waals surface area contributed by atoms with Crippen LogP contribution in [0.2, 0.25) is 0 Å². The van der Waals surface area contributed by atoms with Crippen LogP contribution in [-0.2, 0) is 36.9 Å². The summed E-state index contributed by atoms with van der Waals surface area (Å²) in [5, 5.41) is 15.5. The topological polar surface area (TPSA) is 74.6 Å². The van der Waals surface area contributed by atoms with Crippen molar-refractivity contribution in [3.63, 3.8) is 0 Å². The number of halogens is 2. The number of carboxylic acid groups (broad SMARTS) is 2. The zero-order valence-corrected chi connectivity index (χ0v) is 12.0. The van der Waals surface area contributed by atoms with Gasteiger partial charge in [-0.25, -0.2) is 9.59 Å². The number of hydrogen-bond acceptors (Lipinski definition) is 2. The van der Waals surface area contributed by atoms with E-state index in [1.54, 1.807) is 0 Å². The van der Waals surface area contributed by atoms with Crippen molar-refractivity contribution in [1.29, 1.82) is 0 Å². The van der Waals surface area contributed by atoms with Crippen LogP contribution in [0.15, 0.2) is 23.2 Å². The monoisotopic (exact) mass is 326 g/mol. The number of rotatable bonds is 2. The SMILES string of the molecule is O=C(O)C=CCl.O=C(O)C=CCl.[Cd]. The summed E-state index contributed by atoms with van der Waals surface area (Å²) in [5.74, 6) is -2.05. The van der Waals surface area contributed by atoms with Crippen molar-refractivity contribution in [2.24, 2.45) is 0 Å². The molecule has 0 saturated carbocycles. The summed E-state index contributed by atoms with van der Waals surface area (Å²) >= 11 is 9.67. The van der Waals surface area contributed by atoms with Gasteiger partial charge in [0.25, 0.3) is 0 Å². The van der Waals surface area contributed by atoms with E-state index in [4.69, 9.17) is 33.4 Å². The molecule has 0 aromatic carbocycles.